The van der Waals surface area contributed by atoms with Gasteiger partial charge in [-0.3, -0.25) is 0 Å². The maximum absolute atomic E-state index is 10.8. The largest absolute Gasteiger partial charge is 0.618 e. The molecule has 1 aromatic rings. The van der Waals surface area contributed by atoms with E-state index in [9.17, 15) is 10.0 Å². The van der Waals surface area contributed by atoms with Gasteiger partial charge < -0.3 is 9.94 Å². The van der Waals surface area contributed by atoms with Gasteiger partial charge in [0.15, 0.2) is 6.20 Å². The van der Waals surface area contributed by atoms with Crippen LogP contribution in [0, 0.1) is 5.21 Å². The molecule has 1 rings (SSSR count). The molecule has 0 radical (unpaired) electrons. The number of carbonyl (C=O) groups excluding carboxylic acids is 1. The first-order valence-corrected chi connectivity index (χ1v) is 3.02. The van der Waals surface area contributed by atoms with Crippen LogP contribution in [-0.2, 0) is 4.74 Å². The molecule has 0 aliphatic carbocycles. The van der Waals surface area contributed by atoms with Gasteiger partial charge in [0.1, 0.15) is 0 Å². The zero-order valence-corrected chi connectivity index (χ0v) is 5.98. The summed E-state index contributed by atoms with van der Waals surface area (Å²) >= 11 is 0. The maximum Gasteiger partial charge on any atom is 0.404 e. The van der Waals surface area contributed by atoms with Gasteiger partial charge >= 0.3 is 11.7 Å². The molecule has 0 saturated carbocycles. The van der Waals surface area contributed by atoms with E-state index in [1.54, 1.807) is 12.1 Å². The van der Waals surface area contributed by atoms with Gasteiger partial charge in [0.2, 0.25) is 0 Å². The van der Waals surface area contributed by atoms with E-state index in [1.165, 1.54) is 19.4 Å². The summed E-state index contributed by atoms with van der Waals surface area (Å²) in [5.74, 6) is -0.624. The highest BCUT2D eigenvalue weighted by Crippen LogP contribution is 1.92. The summed E-state index contributed by atoms with van der Waals surface area (Å²) in [6.45, 7) is 0. The molecule has 0 bridgehead atoms. The van der Waals surface area contributed by atoms with Crippen LogP contribution in [0.1, 0.15) is 10.5 Å². The lowest BCUT2D eigenvalue weighted by atomic mass is 10.3. The monoisotopic (exact) mass is 153 g/mol. The zero-order valence-electron chi connectivity index (χ0n) is 5.98. The van der Waals surface area contributed by atoms with Gasteiger partial charge in [0.05, 0.1) is 7.11 Å². The molecule has 0 saturated heterocycles. The third-order valence-corrected chi connectivity index (χ3v) is 1.22. The van der Waals surface area contributed by atoms with E-state index < -0.39 is 5.97 Å². The molecule has 4 heteroatoms. The molecular formula is C7H7NO3. The molecule has 11 heavy (non-hydrogen) atoms. The van der Waals surface area contributed by atoms with Crippen molar-refractivity contribution in [3.63, 3.8) is 0 Å². The van der Waals surface area contributed by atoms with E-state index in [-0.39, 0.29) is 5.69 Å². The number of esters is 1. The zero-order chi connectivity index (χ0) is 8.27. The molecule has 0 aliphatic heterocycles. The first-order chi connectivity index (χ1) is 5.25. The molecule has 58 valence electrons. The van der Waals surface area contributed by atoms with Crippen LogP contribution in [0.5, 0.6) is 0 Å². The normalized spacial score (nSPS) is 9.18. The van der Waals surface area contributed by atoms with Gasteiger partial charge in [-0.25, -0.2) is 4.79 Å². The molecule has 0 aromatic carbocycles. The Morgan fingerprint density at radius 3 is 2.91 bits per heavy atom. The Kier molecular flexibility index (Phi) is 2.06. The number of pyridine rings is 1. The molecule has 0 amide bonds. The Morgan fingerprint density at radius 2 is 2.36 bits per heavy atom. The van der Waals surface area contributed by atoms with Crippen LogP contribution in [0.3, 0.4) is 0 Å². The summed E-state index contributed by atoms with van der Waals surface area (Å²) in [6, 6.07) is 4.54. The minimum atomic E-state index is -0.624. The summed E-state index contributed by atoms with van der Waals surface area (Å²) in [6.07, 6.45) is 1.24. The molecule has 1 aromatic heterocycles. The fourth-order valence-electron chi connectivity index (χ4n) is 0.691. The lowest BCUT2D eigenvalue weighted by Gasteiger charge is -1.99. The number of ether oxygens (including phenoxy) is 1. The third kappa shape index (κ3) is 1.46. The van der Waals surface area contributed by atoms with E-state index >= 15 is 0 Å². The van der Waals surface area contributed by atoms with E-state index in [2.05, 4.69) is 4.74 Å². The summed E-state index contributed by atoms with van der Waals surface area (Å²) < 4.78 is 4.82. The number of aromatic nitrogens is 1. The van der Waals surface area contributed by atoms with E-state index in [1.807, 2.05) is 0 Å². The standard InChI is InChI=1S/C7H7NO3/c1-11-7(9)6-4-2-3-5-8(6)10/h2-5H,1H3. The Labute approximate surface area is 63.6 Å². The minimum Gasteiger partial charge on any atom is -0.618 e. The molecule has 0 N–H and O–H groups in total. The van der Waals surface area contributed by atoms with Crippen LogP contribution in [0.25, 0.3) is 0 Å². The number of nitrogens with zero attached hydrogens (tertiary/aromatic N) is 1. The Hall–Kier alpha value is -1.58. The van der Waals surface area contributed by atoms with Crippen molar-refractivity contribution >= 4 is 5.97 Å². The van der Waals surface area contributed by atoms with Gasteiger partial charge in [-0.1, -0.05) is 0 Å². The van der Waals surface area contributed by atoms with Gasteiger partial charge in [-0.2, -0.15) is 4.73 Å². The molecule has 1 heterocycles. The third-order valence-electron chi connectivity index (χ3n) is 1.22. The number of rotatable bonds is 1. The number of carbonyl (C=O) groups is 1. The topological polar surface area (TPSA) is 53.2 Å². The van der Waals surface area contributed by atoms with Crippen molar-refractivity contribution in [1.82, 2.24) is 0 Å². The van der Waals surface area contributed by atoms with Gasteiger partial charge in [0, 0.05) is 12.1 Å². The SMILES string of the molecule is COC(=O)c1cccc[n+]1[O-]. The Morgan fingerprint density at radius 1 is 1.64 bits per heavy atom. The van der Waals surface area contributed by atoms with Crippen molar-refractivity contribution in [1.29, 1.82) is 0 Å². The molecule has 0 spiro atoms. The second kappa shape index (κ2) is 3.01. The van der Waals surface area contributed by atoms with Crippen molar-refractivity contribution in [3.05, 3.63) is 35.3 Å². The van der Waals surface area contributed by atoms with Crippen LogP contribution in [0.4, 0.5) is 0 Å². The second-order valence-corrected chi connectivity index (χ2v) is 1.90. The average Bonchev–Trinajstić information content (AvgIpc) is 2.04. The van der Waals surface area contributed by atoms with Crippen LogP contribution in [0.2, 0.25) is 0 Å². The Bertz CT molecular complexity index is 272. The van der Waals surface area contributed by atoms with Crippen molar-refractivity contribution < 1.29 is 14.3 Å². The fourth-order valence-corrected chi connectivity index (χ4v) is 0.691. The van der Waals surface area contributed by atoms with Crippen molar-refractivity contribution in [2.75, 3.05) is 7.11 Å². The van der Waals surface area contributed by atoms with Gasteiger partial charge in [-0.15, -0.1) is 0 Å². The number of hydrogen-bond acceptors (Lipinski definition) is 3. The lowest BCUT2D eigenvalue weighted by Crippen LogP contribution is -2.34. The summed E-state index contributed by atoms with van der Waals surface area (Å²) in [5.41, 5.74) is -0.00463. The summed E-state index contributed by atoms with van der Waals surface area (Å²) in [7, 11) is 1.23. The van der Waals surface area contributed by atoms with E-state index in [0.29, 0.717) is 4.73 Å². The number of hydrogen-bond donors (Lipinski definition) is 0. The summed E-state index contributed by atoms with van der Waals surface area (Å²) in [5, 5.41) is 10.8. The molecule has 0 unspecified atom stereocenters. The highest BCUT2D eigenvalue weighted by Gasteiger charge is 2.13. The number of methoxy groups -OCH3 is 1. The molecule has 0 atom stereocenters. The smallest absolute Gasteiger partial charge is 0.404 e. The average molecular weight is 153 g/mol. The maximum atomic E-state index is 10.8. The lowest BCUT2D eigenvalue weighted by molar-refractivity contribution is -0.608. The molecule has 0 aliphatic rings. The highest BCUT2D eigenvalue weighted by atomic mass is 16.5. The van der Waals surface area contributed by atoms with Crippen LogP contribution in [-0.4, -0.2) is 13.1 Å². The molecular weight excluding hydrogens is 146 g/mol. The van der Waals surface area contributed by atoms with Crippen molar-refractivity contribution in [2.24, 2.45) is 0 Å². The van der Waals surface area contributed by atoms with Gasteiger partial charge in [-0.05, 0) is 6.07 Å². The first-order valence-electron chi connectivity index (χ1n) is 3.02. The van der Waals surface area contributed by atoms with Crippen molar-refractivity contribution in [3.8, 4) is 0 Å². The fraction of sp³-hybridized carbons (Fsp3) is 0.143. The van der Waals surface area contributed by atoms with Gasteiger partial charge in [0.25, 0.3) is 0 Å². The van der Waals surface area contributed by atoms with Crippen LogP contribution in [0.15, 0.2) is 24.4 Å². The van der Waals surface area contributed by atoms with Crippen LogP contribution >= 0.6 is 0 Å². The van der Waals surface area contributed by atoms with E-state index in [0.717, 1.165) is 0 Å². The molecule has 4 nitrogen and oxygen atoms in total. The quantitative estimate of drug-likeness (QED) is 0.327. The van der Waals surface area contributed by atoms with Crippen molar-refractivity contribution in [2.45, 2.75) is 0 Å². The highest BCUT2D eigenvalue weighted by molar-refractivity contribution is 5.85. The summed E-state index contributed by atoms with van der Waals surface area (Å²) in [4.78, 5) is 10.8. The van der Waals surface area contributed by atoms with E-state index in [4.69, 9.17) is 0 Å². The minimum absolute atomic E-state index is 0.00463. The second-order valence-electron chi connectivity index (χ2n) is 1.90. The predicted molar refractivity (Wildman–Crippen MR) is 36.7 cm³/mol. The predicted octanol–water partition coefficient (Wildman–Crippen LogP) is 0.107. The Balaban J connectivity index is 3.03. The molecule has 0 fully saturated rings. The van der Waals surface area contributed by atoms with Crippen LogP contribution < -0.4 is 4.73 Å². The first kappa shape index (κ1) is 7.53.